The molecule has 0 unspecified atom stereocenters. The molecule has 0 radical (unpaired) electrons. The Morgan fingerprint density at radius 3 is 2.70 bits per heavy atom. The number of benzene rings is 1. The Morgan fingerprint density at radius 1 is 1.40 bits per heavy atom. The highest BCUT2D eigenvalue weighted by Crippen LogP contribution is 2.25. The van der Waals surface area contributed by atoms with Gasteiger partial charge in [-0.1, -0.05) is 13.8 Å². The van der Waals surface area contributed by atoms with Gasteiger partial charge in [0.2, 0.25) is 0 Å². The minimum atomic E-state index is -4.04. The SMILES string of the molecule is CC(C)c1csc(NS(=O)(=O)c2cc(N)ccc2F)n1. The highest BCUT2D eigenvalue weighted by Gasteiger charge is 2.21. The lowest BCUT2D eigenvalue weighted by Gasteiger charge is -2.07. The first-order valence-electron chi connectivity index (χ1n) is 5.83. The first-order valence-corrected chi connectivity index (χ1v) is 8.19. The molecule has 2 aromatic rings. The molecule has 3 N–H and O–H groups in total. The van der Waals surface area contributed by atoms with Crippen LogP contribution in [0.5, 0.6) is 0 Å². The molecular formula is C12H14FN3O2S2. The standard InChI is InChI=1S/C12H14FN3O2S2/c1-7(2)10-6-19-12(15-10)16-20(17,18)11-5-8(14)3-4-9(11)13/h3-7H,14H2,1-2H3,(H,15,16). The molecule has 1 heterocycles. The summed E-state index contributed by atoms with van der Waals surface area (Å²) in [5.74, 6) is -0.666. The van der Waals surface area contributed by atoms with Crippen molar-refractivity contribution in [3.05, 3.63) is 35.1 Å². The van der Waals surface area contributed by atoms with E-state index in [0.717, 1.165) is 29.2 Å². The molecule has 0 spiro atoms. The van der Waals surface area contributed by atoms with Crippen LogP contribution in [0.3, 0.4) is 0 Å². The molecule has 0 aliphatic heterocycles. The van der Waals surface area contributed by atoms with E-state index in [1.807, 2.05) is 13.8 Å². The third kappa shape index (κ3) is 3.07. The van der Waals surface area contributed by atoms with E-state index in [2.05, 4.69) is 9.71 Å². The van der Waals surface area contributed by atoms with E-state index in [4.69, 9.17) is 5.73 Å². The molecule has 2 rings (SSSR count). The summed E-state index contributed by atoms with van der Waals surface area (Å²) in [6, 6.07) is 3.40. The van der Waals surface area contributed by atoms with Crippen LogP contribution in [0.15, 0.2) is 28.5 Å². The topological polar surface area (TPSA) is 85.1 Å². The van der Waals surface area contributed by atoms with E-state index >= 15 is 0 Å². The number of nitrogen functional groups attached to an aromatic ring is 1. The van der Waals surface area contributed by atoms with Crippen LogP contribution in [-0.2, 0) is 10.0 Å². The second-order valence-corrected chi connectivity index (χ2v) is 7.04. The van der Waals surface area contributed by atoms with Crippen LogP contribution in [0.2, 0.25) is 0 Å². The van der Waals surface area contributed by atoms with Gasteiger partial charge in [-0.05, 0) is 24.1 Å². The van der Waals surface area contributed by atoms with E-state index < -0.39 is 20.7 Å². The number of hydrogen-bond acceptors (Lipinski definition) is 5. The first kappa shape index (κ1) is 14.7. The Kier molecular flexibility index (Phi) is 3.96. The molecule has 1 aromatic heterocycles. The molecule has 1 aromatic carbocycles. The Hall–Kier alpha value is -1.67. The number of anilines is 2. The van der Waals surface area contributed by atoms with Gasteiger partial charge in [-0.2, -0.15) is 0 Å². The average Bonchev–Trinajstić information content (AvgIpc) is 2.80. The van der Waals surface area contributed by atoms with Crippen LogP contribution >= 0.6 is 11.3 Å². The summed E-state index contributed by atoms with van der Waals surface area (Å²) in [6.45, 7) is 3.90. The van der Waals surface area contributed by atoms with Crippen molar-refractivity contribution in [2.24, 2.45) is 0 Å². The van der Waals surface area contributed by atoms with Gasteiger partial charge in [-0.25, -0.2) is 17.8 Å². The molecule has 0 bridgehead atoms. The molecule has 5 nitrogen and oxygen atoms in total. The van der Waals surface area contributed by atoms with Gasteiger partial charge in [0.25, 0.3) is 10.0 Å². The van der Waals surface area contributed by atoms with E-state index in [1.165, 1.54) is 6.07 Å². The monoisotopic (exact) mass is 315 g/mol. The first-order chi connectivity index (χ1) is 9.29. The fraction of sp³-hybridized carbons (Fsp3) is 0.250. The Morgan fingerprint density at radius 2 is 2.10 bits per heavy atom. The summed E-state index contributed by atoms with van der Waals surface area (Å²) in [5, 5.41) is 1.97. The summed E-state index contributed by atoms with van der Waals surface area (Å²) >= 11 is 1.15. The molecular weight excluding hydrogens is 301 g/mol. The maximum atomic E-state index is 13.6. The number of aromatic nitrogens is 1. The smallest absolute Gasteiger partial charge is 0.266 e. The lowest BCUT2D eigenvalue weighted by atomic mass is 10.2. The highest BCUT2D eigenvalue weighted by molar-refractivity contribution is 7.93. The predicted octanol–water partition coefficient (Wildman–Crippen LogP) is 2.79. The van der Waals surface area contributed by atoms with Crippen LogP contribution in [0, 0.1) is 5.82 Å². The lowest BCUT2D eigenvalue weighted by molar-refractivity contribution is 0.570. The summed E-state index contributed by atoms with van der Waals surface area (Å²) in [4.78, 5) is 3.66. The zero-order valence-corrected chi connectivity index (χ0v) is 12.6. The zero-order chi connectivity index (χ0) is 14.9. The van der Waals surface area contributed by atoms with E-state index in [9.17, 15) is 12.8 Å². The summed E-state index contributed by atoms with van der Waals surface area (Å²) in [6.07, 6.45) is 0. The number of nitrogens with zero attached hydrogens (tertiary/aromatic N) is 1. The van der Waals surface area contributed by atoms with Crippen molar-refractivity contribution in [1.82, 2.24) is 4.98 Å². The molecule has 0 aliphatic carbocycles. The molecule has 0 fully saturated rings. The van der Waals surface area contributed by atoms with Crippen molar-refractivity contribution < 1.29 is 12.8 Å². The summed E-state index contributed by atoms with van der Waals surface area (Å²) in [5.41, 5.74) is 6.44. The van der Waals surface area contributed by atoms with E-state index in [0.29, 0.717) is 0 Å². The number of nitrogens with one attached hydrogen (secondary N) is 1. The fourth-order valence-electron chi connectivity index (χ4n) is 1.49. The van der Waals surface area contributed by atoms with E-state index in [1.54, 1.807) is 5.38 Å². The quantitative estimate of drug-likeness (QED) is 0.850. The Labute approximate surface area is 120 Å². The van der Waals surface area contributed by atoms with Crippen molar-refractivity contribution in [3.8, 4) is 0 Å². The van der Waals surface area contributed by atoms with Crippen molar-refractivity contribution in [3.63, 3.8) is 0 Å². The number of halogens is 1. The van der Waals surface area contributed by atoms with Gasteiger partial charge >= 0.3 is 0 Å². The molecule has 0 saturated heterocycles. The second kappa shape index (κ2) is 5.37. The van der Waals surface area contributed by atoms with Crippen molar-refractivity contribution in [1.29, 1.82) is 0 Å². The summed E-state index contributed by atoms with van der Waals surface area (Å²) in [7, 11) is -4.04. The van der Waals surface area contributed by atoms with Crippen LogP contribution in [-0.4, -0.2) is 13.4 Å². The van der Waals surface area contributed by atoms with Crippen molar-refractivity contribution in [2.45, 2.75) is 24.7 Å². The second-order valence-electron chi connectivity index (χ2n) is 4.53. The summed E-state index contributed by atoms with van der Waals surface area (Å²) < 4.78 is 40.1. The third-order valence-corrected chi connectivity index (χ3v) is 4.84. The zero-order valence-electron chi connectivity index (χ0n) is 10.9. The largest absolute Gasteiger partial charge is 0.399 e. The predicted molar refractivity (Wildman–Crippen MR) is 77.8 cm³/mol. The van der Waals surface area contributed by atoms with Crippen LogP contribution in [0.25, 0.3) is 0 Å². The number of hydrogen-bond donors (Lipinski definition) is 2. The maximum Gasteiger partial charge on any atom is 0.266 e. The number of thiazole rings is 1. The van der Waals surface area contributed by atoms with E-state index in [-0.39, 0.29) is 16.7 Å². The maximum absolute atomic E-state index is 13.6. The van der Waals surface area contributed by atoms with Crippen molar-refractivity contribution >= 4 is 32.2 Å². The molecule has 108 valence electrons. The number of rotatable bonds is 4. The van der Waals surface area contributed by atoms with Gasteiger partial charge in [0.1, 0.15) is 10.7 Å². The van der Waals surface area contributed by atoms with Gasteiger partial charge in [0.15, 0.2) is 5.13 Å². The minimum absolute atomic E-state index is 0.175. The minimum Gasteiger partial charge on any atom is -0.399 e. The molecule has 0 atom stereocenters. The average molecular weight is 315 g/mol. The van der Waals surface area contributed by atoms with Gasteiger partial charge in [-0.3, -0.25) is 4.72 Å². The molecule has 0 aliphatic rings. The lowest BCUT2D eigenvalue weighted by Crippen LogP contribution is -2.15. The molecule has 0 saturated carbocycles. The van der Waals surface area contributed by atoms with Crippen LogP contribution < -0.4 is 10.5 Å². The Balaban J connectivity index is 2.33. The third-order valence-electron chi connectivity index (χ3n) is 2.58. The van der Waals surface area contributed by atoms with Gasteiger partial charge in [0.05, 0.1) is 5.69 Å². The molecule has 8 heteroatoms. The molecule has 0 amide bonds. The number of nitrogens with two attached hydrogens (primary N) is 1. The van der Waals surface area contributed by atoms with Crippen LogP contribution in [0.1, 0.15) is 25.5 Å². The van der Waals surface area contributed by atoms with Crippen molar-refractivity contribution in [2.75, 3.05) is 10.5 Å². The molecule has 20 heavy (non-hydrogen) atoms. The van der Waals surface area contributed by atoms with Gasteiger partial charge < -0.3 is 5.73 Å². The Bertz CT molecular complexity index is 726. The van der Waals surface area contributed by atoms with Gasteiger partial charge in [-0.15, -0.1) is 11.3 Å². The van der Waals surface area contributed by atoms with Crippen LogP contribution in [0.4, 0.5) is 15.2 Å². The van der Waals surface area contributed by atoms with Gasteiger partial charge in [0, 0.05) is 11.1 Å². The highest BCUT2D eigenvalue weighted by atomic mass is 32.2. The fourth-order valence-corrected chi connectivity index (χ4v) is 3.73. The normalized spacial score (nSPS) is 11.8. The number of sulfonamides is 1.